The third-order valence-electron chi connectivity index (χ3n) is 5.44. The molecule has 9 heteroatoms. The molecule has 0 bridgehead atoms. The molecule has 1 amide bonds. The van der Waals surface area contributed by atoms with E-state index < -0.39 is 11.9 Å². The van der Waals surface area contributed by atoms with Crippen LogP contribution in [0, 0.1) is 0 Å². The maximum Gasteiger partial charge on any atom is 0.325 e. The largest absolute Gasteiger partial charge is 0.490 e. The van der Waals surface area contributed by atoms with Gasteiger partial charge in [0, 0.05) is 10.9 Å². The van der Waals surface area contributed by atoms with E-state index in [9.17, 15) is 9.59 Å². The number of hydrogen-bond donors (Lipinski definition) is 0. The first-order valence-corrected chi connectivity index (χ1v) is 12.6. The maximum absolute atomic E-state index is 13.4. The van der Waals surface area contributed by atoms with E-state index in [0.717, 1.165) is 21.0 Å². The molecule has 0 aliphatic heterocycles. The first kappa shape index (κ1) is 25.2. The molecule has 0 aliphatic carbocycles. The fourth-order valence-electron chi connectivity index (χ4n) is 3.89. The molecule has 0 unspecified atom stereocenters. The third kappa shape index (κ3) is 5.06. The Morgan fingerprint density at radius 3 is 2.22 bits per heavy atom. The van der Waals surface area contributed by atoms with Crippen LogP contribution in [-0.4, -0.2) is 43.4 Å². The van der Waals surface area contributed by atoms with Crippen LogP contribution < -0.4 is 19.0 Å². The molecule has 0 saturated carbocycles. The number of nitrogens with zero attached hydrogens (tertiary/aromatic N) is 2. The summed E-state index contributed by atoms with van der Waals surface area (Å²) >= 11 is 1.35. The van der Waals surface area contributed by atoms with E-state index in [2.05, 4.69) is 4.99 Å². The average Bonchev–Trinajstić information content (AvgIpc) is 3.22. The molecule has 4 aromatic rings. The summed E-state index contributed by atoms with van der Waals surface area (Å²) in [5.74, 6) is 0.346. The smallest absolute Gasteiger partial charge is 0.325 e. The number of fused-ring (bicyclic) bond motifs is 3. The van der Waals surface area contributed by atoms with Crippen molar-refractivity contribution in [1.82, 2.24) is 4.57 Å². The first-order valence-electron chi connectivity index (χ1n) is 11.7. The minimum atomic E-state index is -0.491. The Balaban J connectivity index is 1.89. The fraction of sp³-hybridized carbons (Fsp3) is 0.296. The van der Waals surface area contributed by atoms with Crippen LogP contribution in [0.25, 0.3) is 21.0 Å². The van der Waals surface area contributed by atoms with Gasteiger partial charge in [-0.3, -0.25) is 9.59 Å². The van der Waals surface area contributed by atoms with Crippen LogP contribution in [0.4, 0.5) is 0 Å². The zero-order valence-corrected chi connectivity index (χ0v) is 21.5. The number of thiazole rings is 1. The van der Waals surface area contributed by atoms with Gasteiger partial charge in [0.2, 0.25) is 5.75 Å². The molecule has 0 N–H and O–H groups in total. The highest BCUT2D eigenvalue weighted by atomic mass is 32.1. The minimum Gasteiger partial charge on any atom is -0.490 e. The van der Waals surface area contributed by atoms with Gasteiger partial charge in [-0.2, -0.15) is 4.99 Å². The Hall–Kier alpha value is -3.85. The monoisotopic (exact) mass is 508 g/mol. The summed E-state index contributed by atoms with van der Waals surface area (Å²) in [5.41, 5.74) is 1.09. The van der Waals surface area contributed by atoms with Crippen LogP contribution in [0.2, 0.25) is 0 Å². The van der Waals surface area contributed by atoms with Crippen molar-refractivity contribution in [2.45, 2.75) is 27.3 Å². The van der Waals surface area contributed by atoms with Gasteiger partial charge in [0.05, 0.1) is 37.1 Å². The van der Waals surface area contributed by atoms with Crippen LogP contribution in [0.15, 0.2) is 53.5 Å². The molecule has 0 saturated heterocycles. The number of methoxy groups -OCH3 is 1. The van der Waals surface area contributed by atoms with Crippen molar-refractivity contribution in [2.24, 2.45) is 4.99 Å². The van der Waals surface area contributed by atoms with Gasteiger partial charge in [0.25, 0.3) is 5.91 Å². The predicted octanol–water partition coefficient (Wildman–Crippen LogP) is 4.97. The summed E-state index contributed by atoms with van der Waals surface area (Å²) < 4.78 is 24.8. The Bertz CT molecular complexity index is 1460. The van der Waals surface area contributed by atoms with Gasteiger partial charge in [-0.15, -0.1) is 0 Å². The molecule has 0 aliphatic rings. The van der Waals surface area contributed by atoms with Crippen molar-refractivity contribution in [3.05, 3.63) is 58.9 Å². The lowest BCUT2D eigenvalue weighted by Crippen LogP contribution is -2.22. The average molecular weight is 509 g/mol. The summed E-state index contributed by atoms with van der Waals surface area (Å²) in [4.78, 5) is 30.4. The van der Waals surface area contributed by atoms with Gasteiger partial charge >= 0.3 is 5.97 Å². The summed E-state index contributed by atoms with van der Waals surface area (Å²) in [6, 6.07) is 15.1. The lowest BCUT2D eigenvalue weighted by Gasteiger charge is -2.16. The van der Waals surface area contributed by atoms with Gasteiger partial charge in [-0.05, 0) is 44.4 Å². The maximum atomic E-state index is 13.4. The van der Waals surface area contributed by atoms with E-state index in [-0.39, 0.29) is 12.1 Å². The molecule has 4 rings (SSSR count). The molecule has 1 heterocycles. The number of carbonyl (C=O) groups excluding carboxylic acids is 2. The molecule has 188 valence electrons. The van der Waals surface area contributed by atoms with E-state index in [1.54, 1.807) is 16.7 Å². The number of carbonyl (C=O) groups is 2. The molecular weight excluding hydrogens is 480 g/mol. The zero-order valence-electron chi connectivity index (χ0n) is 20.7. The van der Waals surface area contributed by atoms with E-state index in [4.69, 9.17) is 18.9 Å². The topological polar surface area (TPSA) is 88.4 Å². The number of amides is 1. The van der Waals surface area contributed by atoms with E-state index >= 15 is 0 Å². The number of aromatic nitrogens is 1. The number of rotatable bonds is 9. The zero-order chi connectivity index (χ0) is 25.7. The predicted molar refractivity (Wildman–Crippen MR) is 139 cm³/mol. The summed E-state index contributed by atoms with van der Waals surface area (Å²) in [6.07, 6.45) is 0. The van der Waals surface area contributed by atoms with E-state index in [1.165, 1.54) is 18.4 Å². The van der Waals surface area contributed by atoms with Gasteiger partial charge in [-0.25, -0.2) is 0 Å². The molecule has 0 atom stereocenters. The molecular formula is C27H28N2O6S. The highest BCUT2D eigenvalue weighted by molar-refractivity contribution is 7.17. The molecule has 0 spiro atoms. The van der Waals surface area contributed by atoms with Crippen molar-refractivity contribution in [2.75, 3.05) is 26.9 Å². The second-order valence-corrected chi connectivity index (χ2v) is 8.68. The molecule has 3 aromatic carbocycles. The van der Waals surface area contributed by atoms with Gasteiger partial charge in [0.15, 0.2) is 16.3 Å². The number of benzene rings is 3. The van der Waals surface area contributed by atoms with Crippen molar-refractivity contribution in [3.8, 4) is 17.2 Å². The highest BCUT2D eigenvalue weighted by Gasteiger charge is 2.19. The summed E-state index contributed by atoms with van der Waals surface area (Å²) in [5, 5.41) is 2.08. The second-order valence-electron chi connectivity index (χ2n) is 7.70. The van der Waals surface area contributed by atoms with Crippen molar-refractivity contribution < 1.29 is 28.5 Å². The normalized spacial score (nSPS) is 11.6. The van der Waals surface area contributed by atoms with Gasteiger partial charge in [-0.1, -0.05) is 41.7 Å². The molecule has 0 fully saturated rings. The Labute approximate surface area is 212 Å². The van der Waals surface area contributed by atoms with Crippen molar-refractivity contribution >= 4 is 44.2 Å². The van der Waals surface area contributed by atoms with E-state index in [0.29, 0.717) is 41.9 Å². The molecule has 0 radical (unpaired) electrons. The Morgan fingerprint density at radius 1 is 0.917 bits per heavy atom. The van der Waals surface area contributed by atoms with Crippen molar-refractivity contribution in [3.63, 3.8) is 0 Å². The summed E-state index contributed by atoms with van der Waals surface area (Å²) in [7, 11) is 1.33. The third-order valence-corrected chi connectivity index (χ3v) is 6.57. The number of esters is 1. The van der Waals surface area contributed by atoms with Crippen LogP contribution >= 0.6 is 11.3 Å². The fourth-order valence-corrected chi connectivity index (χ4v) is 5.06. The van der Waals surface area contributed by atoms with Gasteiger partial charge < -0.3 is 23.5 Å². The number of hydrogen-bond acceptors (Lipinski definition) is 7. The van der Waals surface area contributed by atoms with Crippen LogP contribution in [0.5, 0.6) is 17.2 Å². The highest BCUT2D eigenvalue weighted by Crippen LogP contribution is 2.39. The van der Waals surface area contributed by atoms with E-state index in [1.807, 2.05) is 57.2 Å². The standard InChI is InChI=1S/C27H28N2O6S/c1-5-33-21-14-18(15-22(34-6-2)24(21)35-7-3)26(31)28-27-29(16-23(30)32-4)20-13-12-17-10-8-9-11-19(17)25(20)36-27/h8-15H,5-7,16H2,1-4H3. The Morgan fingerprint density at radius 2 is 1.58 bits per heavy atom. The van der Waals surface area contributed by atoms with Crippen LogP contribution in [-0.2, 0) is 16.1 Å². The first-order chi connectivity index (χ1) is 17.5. The molecule has 36 heavy (non-hydrogen) atoms. The second kappa shape index (κ2) is 11.3. The quantitative estimate of drug-likeness (QED) is 0.297. The SMILES string of the molecule is CCOc1cc(C(=O)N=c2sc3c4ccccc4ccc3n2CC(=O)OC)cc(OCC)c1OCC. The number of ether oxygens (including phenoxy) is 4. The minimum absolute atomic E-state index is 0.0708. The Kier molecular flexibility index (Phi) is 7.90. The lowest BCUT2D eigenvalue weighted by molar-refractivity contribution is -0.141. The summed E-state index contributed by atoms with van der Waals surface area (Å²) in [6.45, 7) is 6.70. The lowest BCUT2D eigenvalue weighted by atomic mass is 10.1. The molecule has 8 nitrogen and oxygen atoms in total. The van der Waals surface area contributed by atoms with Crippen LogP contribution in [0.3, 0.4) is 0 Å². The van der Waals surface area contributed by atoms with Gasteiger partial charge in [0.1, 0.15) is 6.54 Å². The van der Waals surface area contributed by atoms with Crippen molar-refractivity contribution in [1.29, 1.82) is 0 Å². The van der Waals surface area contributed by atoms with Crippen LogP contribution in [0.1, 0.15) is 31.1 Å². The molecule has 1 aromatic heterocycles.